The predicted octanol–water partition coefficient (Wildman–Crippen LogP) is 2.94. The van der Waals surface area contributed by atoms with E-state index in [0.29, 0.717) is 24.3 Å². The van der Waals surface area contributed by atoms with Gasteiger partial charge < -0.3 is 15.7 Å². The number of hydrogen-bond acceptors (Lipinski definition) is 4. The number of fused-ring (bicyclic) bond motifs is 2. The van der Waals surface area contributed by atoms with Crippen LogP contribution in [0.3, 0.4) is 0 Å². The van der Waals surface area contributed by atoms with Crippen molar-refractivity contribution in [1.29, 1.82) is 0 Å². The number of carbonyl (C=O) groups is 2. The number of pyridine rings is 1. The lowest BCUT2D eigenvalue weighted by atomic mass is 9.87. The minimum atomic E-state index is -0.214. The summed E-state index contributed by atoms with van der Waals surface area (Å²) in [4.78, 5) is 30.6. The number of urea groups is 1. The number of para-hydroxylation sites is 1. The van der Waals surface area contributed by atoms with Gasteiger partial charge in [0, 0.05) is 47.9 Å². The van der Waals surface area contributed by atoms with Crippen LogP contribution in [0.5, 0.6) is 5.75 Å². The summed E-state index contributed by atoms with van der Waals surface area (Å²) >= 11 is 0. The van der Waals surface area contributed by atoms with Gasteiger partial charge in [-0.1, -0.05) is 24.3 Å². The zero-order chi connectivity index (χ0) is 19.3. The normalized spacial score (nSPS) is 18.7. The van der Waals surface area contributed by atoms with E-state index in [0.717, 1.165) is 22.3 Å². The molecule has 5 rings (SSSR count). The van der Waals surface area contributed by atoms with Crippen LogP contribution in [0.2, 0.25) is 0 Å². The highest BCUT2D eigenvalue weighted by molar-refractivity contribution is 5.98. The maximum atomic E-state index is 12.4. The fourth-order valence-corrected chi connectivity index (χ4v) is 3.94. The Kier molecular flexibility index (Phi) is 3.68. The van der Waals surface area contributed by atoms with Crippen LogP contribution in [0.25, 0.3) is 10.9 Å². The lowest BCUT2D eigenvalue weighted by Crippen LogP contribution is -2.29. The average molecular weight is 374 g/mol. The summed E-state index contributed by atoms with van der Waals surface area (Å²) in [6, 6.07) is 14.6. The minimum absolute atomic E-state index is 0.0975. The Morgan fingerprint density at radius 2 is 2.00 bits per heavy atom. The SMILES string of the molecule is O=C1C[C@H](c2ccc3cccc(O)c3n2)c2ccc(N3CCNC3=O)cc2N1. The Bertz CT molecular complexity index is 1130. The second kappa shape index (κ2) is 6.23. The molecule has 3 N–H and O–H groups in total. The molecule has 0 bridgehead atoms. The molecule has 1 atom stereocenters. The van der Waals surface area contributed by atoms with Crippen molar-refractivity contribution in [3.8, 4) is 5.75 Å². The summed E-state index contributed by atoms with van der Waals surface area (Å²) in [5.74, 6) is -0.191. The fraction of sp³-hybridized carbons (Fsp3) is 0.190. The van der Waals surface area contributed by atoms with Gasteiger partial charge in [0.2, 0.25) is 5.91 Å². The van der Waals surface area contributed by atoms with Gasteiger partial charge in [0.1, 0.15) is 11.3 Å². The van der Waals surface area contributed by atoms with Crippen LogP contribution in [0.4, 0.5) is 16.2 Å². The molecule has 1 saturated heterocycles. The van der Waals surface area contributed by atoms with Gasteiger partial charge in [-0.3, -0.25) is 9.69 Å². The molecule has 0 radical (unpaired) electrons. The summed E-state index contributed by atoms with van der Waals surface area (Å²) < 4.78 is 0. The number of phenolic OH excluding ortho intramolecular Hbond substituents is 1. The third kappa shape index (κ3) is 2.63. The van der Waals surface area contributed by atoms with Gasteiger partial charge in [-0.2, -0.15) is 0 Å². The standard InChI is InChI=1S/C21H18N4O3/c26-18-3-1-2-12-4-7-16(24-20(12)18)15-11-19(27)23-17-10-13(5-6-14(15)17)25-9-8-22-21(25)28/h1-7,10,15,26H,8-9,11H2,(H,22,28)(H,23,27)/t15-/m0/s1. The van der Waals surface area contributed by atoms with Gasteiger partial charge in [-0.05, 0) is 29.8 Å². The van der Waals surface area contributed by atoms with Crippen LogP contribution in [-0.2, 0) is 4.79 Å². The van der Waals surface area contributed by atoms with Gasteiger partial charge in [0.25, 0.3) is 0 Å². The number of amides is 3. The molecule has 1 fully saturated rings. The topological polar surface area (TPSA) is 94.6 Å². The molecule has 28 heavy (non-hydrogen) atoms. The van der Waals surface area contributed by atoms with E-state index in [1.54, 1.807) is 17.0 Å². The van der Waals surface area contributed by atoms with E-state index >= 15 is 0 Å². The second-order valence-corrected chi connectivity index (χ2v) is 7.04. The number of carbonyl (C=O) groups excluding carboxylic acids is 2. The van der Waals surface area contributed by atoms with Crippen molar-refractivity contribution in [3.05, 3.63) is 59.8 Å². The van der Waals surface area contributed by atoms with Crippen LogP contribution in [-0.4, -0.2) is 35.1 Å². The largest absolute Gasteiger partial charge is 0.506 e. The first-order valence-electron chi connectivity index (χ1n) is 9.18. The van der Waals surface area contributed by atoms with Crippen LogP contribution in [0, 0.1) is 0 Å². The number of aromatic nitrogens is 1. The summed E-state index contributed by atoms with van der Waals surface area (Å²) in [7, 11) is 0. The van der Waals surface area contributed by atoms with Crippen molar-refractivity contribution in [2.24, 2.45) is 0 Å². The molecule has 7 nitrogen and oxygen atoms in total. The Labute approximate surface area is 161 Å². The second-order valence-electron chi connectivity index (χ2n) is 7.04. The van der Waals surface area contributed by atoms with E-state index in [1.807, 2.05) is 36.4 Å². The molecule has 3 aromatic rings. The van der Waals surface area contributed by atoms with Gasteiger partial charge in [0.15, 0.2) is 0 Å². The van der Waals surface area contributed by atoms with Crippen molar-refractivity contribution in [2.45, 2.75) is 12.3 Å². The first kappa shape index (κ1) is 16.6. The third-order valence-corrected chi connectivity index (χ3v) is 5.32. The van der Waals surface area contributed by atoms with Crippen molar-refractivity contribution in [1.82, 2.24) is 10.3 Å². The molecule has 1 aromatic heterocycles. The molecular formula is C21H18N4O3. The summed E-state index contributed by atoms with van der Waals surface area (Å²) in [6.45, 7) is 1.20. The fourth-order valence-electron chi connectivity index (χ4n) is 3.94. The van der Waals surface area contributed by atoms with Crippen LogP contribution in [0.15, 0.2) is 48.5 Å². The number of benzene rings is 2. The first-order chi connectivity index (χ1) is 13.6. The van der Waals surface area contributed by atoms with Gasteiger partial charge in [-0.25, -0.2) is 9.78 Å². The molecule has 7 heteroatoms. The van der Waals surface area contributed by atoms with Gasteiger partial charge in [-0.15, -0.1) is 0 Å². The predicted molar refractivity (Wildman–Crippen MR) is 106 cm³/mol. The Morgan fingerprint density at radius 1 is 1.11 bits per heavy atom. The summed E-state index contributed by atoms with van der Waals surface area (Å²) in [6.07, 6.45) is 0.280. The number of nitrogens with zero attached hydrogens (tertiary/aromatic N) is 2. The highest BCUT2D eigenvalue weighted by atomic mass is 16.3. The van der Waals surface area contributed by atoms with E-state index in [4.69, 9.17) is 0 Å². The van der Waals surface area contributed by atoms with Crippen molar-refractivity contribution in [2.75, 3.05) is 23.3 Å². The van der Waals surface area contributed by atoms with E-state index in [2.05, 4.69) is 15.6 Å². The molecule has 2 aromatic carbocycles. The van der Waals surface area contributed by atoms with Gasteiger partial charge >= 0.3 is 6.03 Å². The first-order valence-corrected chi connectivity index (χ1v) is 9.18. The number of rotatable bonds is 2. The molecule has 0 aliphatic carbocycles. The summed E-state index contributed by atoms with van der Waals surface area (Å²) in [5, 5.41) is 16.7. The third-order valence-electron chi connectivity index (χ3n) is 5.32. The zero-order valence-corrected chi connectivity index (χ0v) is 15.0. The quantitative estimate of drug-likeness (QED) is 0.643. The van der Waals surface area contributed by atoms with Crippen LogP contribution >= 0.6 is 0 Å². The van der Waals surface area contributed by atoms with Crippen LogP contribution in [0.1, 0.15) is 23.6 Å². The van der Waals surface area contributed by atoms with E-state index in [1.165, 1.54) is 0 Å². The van der Waals surface area contributed by atoms with Crippen molar-refractivity contribution in [3.63, 3.8) is 0 Å². The van der Waals surface area contributed by atoms with Crippen molar-refractivity contribution >= 4 is 34.2 Å². The lowest BCUT2D eigenvalue weighted by Gasteiger charge is -2.27. The monoisotopic (exact) mass is 374 g/mol. The Balaban J connectivity index is 1.58. The zero-order valence-electron chi connectivity index (χ0n) is 15.0. The van der Waals surface area contributed by atoms with Gasteiger partial charge in [0.05, 0.1) is 0 Å². The molecule has 0 unspecified atom stereocenters. The molecule has 2 aliphatic heterocycles. The Hall–Kier alpha value is -3.61. The maximum Gasteiger partial charge on any atom is 0.321 e. The van der Waals surface area contributed by atoms with Crippen molar-refractivity contribution < 1.29 is 14.7 Å². The number of nitrogens with one attached hydrogen (secondary N) is 2. The lowest BCUT2D eigenvalue weighted by molar-refractivity contribution is -0.116. The molecule has 140 valence electrons. The maximum absolute atomic E-state index is 12.4. The van der Waals surface area contributed by atoms with Crippen LogP contribution < -0.4 is 15.5 Å². The molecule has 2 aliphatic rings. The summed E-state index contributed by atoms with van der Waals surface area (Å²) in [5.41, 5.74) is 3.65. The minimum Gasteiger partial charge on any atom is -0.506 e. The van der Waals surface area contributed by atoms with E-state index in [9.17, 15) is 14.7 Å². The smallest absolute Gasteiger partial charge is 0.321 e. The van der Waals surface area contributed by atoms with E-state index < -0.39 is 0 Å². The average Bonchev–Trinajstić information content (AvgIpc) is 3.13. The highest BCUT2D eigenvalue weighted by Crippen LogP contribution is 2.39. The Morgan fingerprint density at radius 3 is 2.82 bits per heavy atom. The molecular weight excluding hydrogens is 356 g/mol. The molecule has 0 saturated carbocycles. The molecule has 3 amide bonds. The molecule has 0 spiro atoms. The highest BCUT2D eigenvalue weighted by Gasteiger charge is 2.29. The number of hydrogen-bond donors (Lipinski definition) is 3. The number of aromatic hydroxyl groups is 1. The molecule has 3 heterocycles. The number of phenols is 1. The van der Waals surface area contributed by atoms with E-state index in [-0.39, 0.29) is 30.0 Å². The number of anilines is 2.